The van der Waals surface area contributed by atoms with Crippen LogP contribution in [-0.2, 0) is 0 Å². The quantitative estimate of drug-likeness (QED) is 0.876. The molecule has 2 rings (SSSR count). The van der Waals surface area contributed by atoms with E-state index < -0.39 is 0 Å². The Morgan fingerprint density at radius 2 is 2.29 bits per heavy atom. The Bertz CT molecular complexity index is 500. The molecule has 2 unspecified atom stereocenters. The number of anilines is 1. The number of aliphatic hydroxyl groups excluding tert-OH is 1. The molecule has 0 radical (unpaired) electrons. The number of nitrogens with zero attached hydrogens (tertiary/aromatic N) is 1. The van der Waals surface area contributed by atoms with Crippen molar-refractivity contribution in [3.8, 4) is 0 Å². The van der Waals surface area contributed by atoms with Crippen molar-refractivity contribution in [3.05, 3.63) is 29.3 Å². The SMILES string of the molecule is CCCNc1cc(C)ccc1C(=O)N1CCC(C(C)O)C1. The van der Waals surface area contributed by atoms with Gasteiger partial charge in [0.25, 0.3) is 5.91 Å². The van der Waals surface area contributed by atoms with Gasteiger partial charge in [-0.05, 0) is 44.4 Å². The number of carbonyl (C=O) groups excluding carboxylic acids is 1. The van der Waals surface area contributed by atoms with E-state index in [1.54, 1.807) is 6.92 Å². The second kappa shape index (κ2) is 6.94. The highest BCUT2D eigenvalue weighted by molar-refractivity contribution is 5.99. The first-order valence-corrected chi connectivity index (χ1v) is 7.84. The van der Waals surface area contributed by atoms with Crippen molar-refractivity contribution in [1.82, 2.24) is 4.90 Å². The van der Waals surface area contributed by atoms with Crippen LogP contribution in [0.4, 0.5) is 5.69 Å². The van der Waals surface area contributed by atoms with E-state index >= 15 is 0 Å². The lowest BCUT2D eigenvalue weighted by Gasteiger charge is -2.20. The summed E-state index contributed by atoms with van der Waals surface area (Å²) in [6.45, 7) is 8.19. The van der Waals surface area contributed by atoms with Crippen LogP contribution in [0.25, 0.3) is 0 Å². The molecule has 1 aliphatic rings. The number of benzene rings is 1. The van der Waals surface area contributed by atoms with Gasteiger partial charge in [-0.15, -0.1) is 0 Å². The van der Waals surface area contributed by atoms with Gasteiger partial charge in [0.15, 0.2) is 0 Å². The van der Waals surface area contributed by atoms with Crippen LogP contribution in [0.1, 0.15) is 42.6 Å². The largest absolute Gasteiger partial charge is 0.393 e. The molecule has 1 aliphatic heterocycles. The van der Waals surface area contributed by atoms with E-state index in [-0.39, 0.29) is 17.9 Å². The summed E-state index contributed by atoms with van der Waals surface area (Å²) in [6.07, 6.45) is 1.56. The summed E-state index contributed by atoms with van der Waals surface area (Å²) >= 11 is 0. The monoisotopic (exact) mass is 290 g/mol. The molecule has 4 nitrogen and oxygen atoms in total. The molecule has 21 heavy (non-hydrogen) atoms. The maximum Gasteiger partial charge on any atom is 0.255 e. The lowest BCUT2D eigenvalue weighted by molar-refractivity contribution is 0.0763. The van der Waals surface area contributed by atoms with Crippen molar-refractivity contribution in [1.29, 1.82) is 0 Å². The molecule has 0 spiro atoms. The second-order valence-corrected chi connectivity index (χ2v) is 6.02. The average Bonchev–Trinajstić information content (AvgIpc) is 2.94. The van der Waals surface area contributed by atoms with Crippen molar-refractivity contribution in [2.75, 3.05) is 25.0 Å². The smallest absolute Gasteiger partial charge is 0.255 e. The van der Waals surface area contributed by atoms with Crippen molar-refractivity contribution in [2.24, 2.45) is 5.92 Å². The third-order valence-electron chi connectivity index (χ3n) is 4.17. The van der Waals surface area contributed by atoms with E-state index in [1.165, 1.54) is 0 Å². The molecule has 1 aromatic carbocycles. The zero-order chi connectivity index (χ0) is 15.4. The fraction of sp³-hybridized carbons (Fsp3) is 0.588. The number of nitrogens with one attached hydrogen (secondary N) is 1. The summed E-state index contributed by atoms with van der Waals surface area (Å²) in [4.78, 5) is 14.6. The first-order valence-electron chi connectivity index (χ1n) is 7.84. The van der Waals surface area contributed by atoms with E-state index in [2.05, 4.69) is 12.2 Å². The minimum atomic E-state index is -0.349. The molecular weight excluding hydrogens is 264 g/mol. The zero-order valence-corrected chi connectivity index (χ0v) is 13.2. The first-order chi connectivity index (χ1) is 10.0. The van der Waals surface area contributed by atoms with E-state index in [4.69, 9.17) is 0 Å². The van der Waals surface area contributed by atoms with Crippen LogP contribution in [0.5, 0.6) is 0 Å². The summed E-state index contributed by atoms with van der Waals surface area (Å²) in [6, 6.07) is 5.92. The van der Waals surface area contributed by atoms with Crippen LogP contribution >= 0.6 is 0 Å². The van der Waals surface area contributed by atoms with Gasteiger partial charge >= 0.3 is 0 Å². The Morgan fingerprint density at radius 1 is 1.52 bits per heavy atom. The lowest BCUT2D eigenvalue weighted by atomic mass is 10.0. The number of rotatable bonds is 5. The number of hydrogen-bond acceptors (Lipinski definition) is 3. The molecular formula is C17H26N2O2. The normalized spacial score (nSPS) is 19.6. The Morgan fingerprint density at radius 3 is 2.90 bits per heavy atom. The van der Waals surface area contributed by atoms with E-state index in [9.17, 15) is 9.90 Å². The van der Waals surface area contributed by atoms with Crippen LogP contribution in [0.3, 0.4) is 0 Å². The molecule has 0 aromatic heterocycles. The fourth-order valence-corrected chi connectivity index (χ4v) is 2.79. The van der Waals surface area contributed by atoms with Gasteiger partial charge in [-0.3, -0.25) is 4.79 Å². The first kappa shape index (κ1) is 15.8. The Kier molecular flexibility index (Phi) is 5.23. The molecule has 4 heteroatoms. The predicted molar refractivity (Wildman–Crippen MR) is 85.7 cm³/mol. The van der Waals surface area contributed by atoms with E-state index in [0.717, 1.165) is 42.7 Å². The van der Waals surface area contributed by atoms with E-state index in [1.807, 2.05) is 30.0 Å². The Balaban J connectivity index is 2.15. The molecule has 1 amide bonds. The van der Waals surface area contributed by atoms with Gasteiger partial charge in [-0.25, -0.2) is 0 Å². The highest BCUT2D eigenvalue weighted by Crippen LogP contribution is 2.25. The van der Waals surface area contributed by atoms with Crippen LogP contribution in [0.2, 0.25) is 0 Å². The van der Waals surface area contributed by atoms with Gasteiger partial charge < -0.3 is 15.3 Å². The maximum atomic E-state index is 12.7. The lowest BCUT2D eigenvalue weighted by Crippen LogP contribution is -2.31. The third-order valence-corrected chi connectivity index (χ3v) is 4.17. The molecule has 2 atom stereocenters. The summed E-state index contributed by atoms with van der Waals surface area (Å²) in [5.74, 6) is 0.267. The summed E-state index contributed by atoms with van der Waals surface area (Å²) < 4.78 is 0. The van der Waals surface area contributed by atoms with Gasteiger partial charge in [0.2, 0.25) is 0 Å². The highest BCUT2D eigenvalue weighted by Gasteiger charge is 2.30. The summed E-state index contributed by atoms with van der Waals surface area (Å²) in [5, 5.41) is 13.0. The number of hydrogen-bond donors (Lipinski definition) is 2. The van der Waals surface area contributed by atoms with Gasteiger partial charge in [-0.2, -0.15) is 0 Å². The molecule has 1 heterocycles. The number of amides is 1. The average molecular weight is 290 g/mol. The number of aliphatic hydroxyl groups is 1. The molecule has 116 valence electrons. The van der Waals surface area contributed by atoms with Crippen LogP contribution in [-0.4, -0.2) is 41.7 Å². The minimum Gasteiger partial charge on any atom is -0.393 e. The fourth-order valence-electron chi connectivity index (χ4n) is 2.79. The molecule has 0 bridgehead atoms. The number of aryl methyl sites for hydroxylation is 1. The standard InChI is InChI=1S/C17H26N2O2/c1-4-8-18-16-10-12(2)5-6-15(16)17(21)19-9-7-14(11-19)13(3)20/h5-6,10,13-14,18,20H,4,7-9,11H2,1-3H3. The van der Waals surface area contributed by atoms with Gasteiger partial charge in [0.1, 0.15) is 0 Å². The third kappa shape index (κ3) is 3.76. The van der Waals surface area contributed by atoms with E-state index in [0.29, 0.717) is 6.54 Å². The van der Waals surface area contributed by atoms with Gasteiger partial charge in [0, 0.05) is 31.2 Å². The summed E-state index contributed by atoms with van der Waals surface area (Å²) in [5.41, 5.74) is 2.80. The van der Waals surface area contributed by atoms with Gasteiger partial charge in [0.05, 0.1) is 11.7 Å². The predicted octanol–water partition coefficient (Wildman–Crippen LogP) is 2.66. The highest BCUT2D eigenvalue weighted by atomic mass is 16.3. The Labute approximate surface area is 127 Å². The molecule has 1 fully saturated rings. The van der Waals surface area contributed by atoms with Crippen LogP contribution in [0, 0.1) is 12.8 Å². The van der Waals surface area contributed by atoms with Crippen molar-refractivity contribution in [2.45, 2.75) is 39.7 Å². The van der Waals surface area contributed by atoms with Crippen LogP contribution < -0.4 is 5.32 Å². The molecule has 1 saturated heterocycles. The molecule has 2 N–H and O–H groups in total. The number of carbonyl (C=O) groups is 1. The maximum absolute atomic E-state index is 12.7. The Hall–Kier alpha value is -1.55. The van der Waals surface area contributed by atoms with Crippen molar-refractivity contribution < 1.29 is 9.90 Å². The van der Waals surface area contributed by atoms with Crippen molar-refractivity contribution >= 4 is 11.6 Å². The molecule has 0 saturated carbocycles. The topological polar surface area (TPSA) is 52.6 Å². The van der Waals surface area contributed by atoms with Crippen molar-refractivity contribution in [3.63, 3.8) is 0 Å². The number of likely N-dealkylation sites (tertiary alicyclic amines) is 1. The van der Waals surface area contributed by atoms with Gasteiger partial charge in [-0.1, -0.05) is 13.0 Å². The zero-order valence-electron chi connectivity index (χ0n) is 13.2. The summed E-state index contributed by atoms with van der Waals surface area (Å²) in [7, 11) is 0. The second-order valence-electron chi connectivity index (χ2n) is 6.02. The minimum absolute atomic E-state index is 0.0664. The van der Waals surface area contributed by atoms with Crippen LogP contribution in [0.15, 0.2) is 18.2 Å². The molecule has 1 aromatic rings. The molecule has 0 aliphatic carbocycles.